The van der Waals surface area contributed by atoms with Gasteiger partial charge in [0.2, 0.25) is 0 Å². The minimum absolute atomic E-state index is 0.127. The summed E-state index contributed by atoms with van der Waals surface area (Å²) in [5, 5.41) is 9.57. The molecule has 0 bridgehead atoms. The number of hydrogen-bond acceptors (Lipinski definition) is 2. The quantitative estimate of drug-likeness (QED) is 0.894. The lowest BCUT2D eigenvalue weighted by Crippen LogP contribution is -2.42. The van der Waals surface area contributed by atoms with Gasteiger partial charge in [-0.25, -0.2) is 0 Å². The largest absolute Gasteiger partial charge is 0.481 e. The summed E-state index contributed by atoms with van der Waals surface area (Å²) in [7, 11) is 0. The monoisotopic (exact) mass is 267 g/mol. The molecule has 0 saturated carbocycles. The first-order valence-electron chi connectivity index (χ1n) is 5.85. The fourth-order valence-electron chi connectivity index (χ4n) is 2.14. The van der Waals surface area contributed by atoms with E-state index in [1.165, 1.54) is 0 Å². The van der Waals surface area contributed by atoms with Gasteiger partial charge in [0.25, 0.3) is 5.91 Å². The number of aliphatic carboxylic acids is 1. The van der Waals surface area contributed by atoms with E-state index in [1.807, 2.05) is 0 Å². The van der Waals surface area contributed by atoms with Gasteiger partial charge >= 0.3 is 5.97 Å². The highest BCUT2D eigenvalue weighted by Crippen LogP contribution is 2.19. The fourth-order valence-corrected chi connectivity index (χ4v) is 2.26. The van der Waals surface area contributed by atoms with Crippen LogP contribution in [0.4, 0.5) is 0 Å². The van der Waals surface area contributed by atoms with Crippen LogP contribution in [0, 0.1) is 5.92 Å². The first-order chi connectivity index (χ1) is 8.58. The molecule has 96 valence electrons. The lowest BCUT2D eigenvalue weighted by atomic mass is 9.97. The molecule has 2 rings (SSSR count). The number of likely N-dealkylation sites (tertiary alicyclic amines) is 1. The second-order valence-electron chi connectivity index (χ2n) is 4.44. The predicted octanol–water partition coefficient (Wildman–Crippen LogP) is 2.28. The lowest BCUT2D eigenvalue weighted by Gasteiger charge is -2.30. The molecule has 0 unspecified atom stereocenters. The molecule has 0 radical (unpaired) electrons. The predicted molar refractivity (Wildman–Crippen MR) is 67.7 cm³/mol. The molecule has 1 fully saturated rings. The third kappa shape index (κ3) is 2.82. The van der Waals surface area contributed by atoms with Crippen molar-refractivity contribution in [1.29, 1.82) is 0 Å². The maximum atomic E-state index is 12.2. The molecule has 5 heteroatoms. The Labute approximate surface area is 110 Å². The third-order valence-corrected chi connectivity index (χ3v) is 3.40. The zero-order valence-electron chi connectivity index (χ0n) is 9.80. The van der Waals surface area contributed by atoms with Crippen molar-refractivity contribution in [3.05, 3.63) is 34.9 Å². The molecule has 1 N–H and O–H groups in total. The van der Waals surface area contributed by atoms with E-state index in [1.54, 1.807) is 29.2 Å². The lowest BCUT2D eigenvalue weighted by molar-refractivity contribution is -0.143. The van der Waals surface area contributed by atoms with Crippen molar-refractivity contribution in [2.75, 3.05) is 13.1 Å². The topological polar surface area (TPSA) is 57.6 Å². The van der Waals surface area contributed by atoms with E-state index in [-0.39, 0.29) is 12.5 Å². The van der Waals surface area contributed by atoms with Crippen molar-refractivity contribution in [2.24, 2.45) is 5.92 Å². The van der Waals surface area contributed by atoms with Gasteiger partial charge in [-0.3, -0.25) is 9.59 Å². The zero-order valence-corrected chi connectivity index (χ0v) is 10.6. The summed E-state index contributed by atoms with van der Waals surface area (Å²) < 4.78 is 0. The summed E-state index contributed by atoms with van der Waals surface area (Å²) in [5.74, 6) is -1.41. The van der Waals surface area contributed by atoms with E-state index in [9.17, 15) is 9.59 Å². The van der Waals surface area contributed by atoms with Gasteiger partial charge in [0, 0.05) is 23.7 Å². The molecule has 1 atom stereocenters. The number of halogens is 1. The number of rotatable bonds is 2. The van der Waals surface area contributed by atoms with Gasteiger partial charge in [-0.05, 0) is 37.1 Å². The molecule has 0 spiro atoms. The minimum atomic E-state index is -0.830. The fraction of sp³-hybridized carbons (Fsp3) is 0.385. The highest BCUT2D eigenvalue weighted by atomic mass is 35.5. The SMILES string of the molecule is O=C(O)[C@@H]1CCCN(C(=O)c2ccc(Cl)cc2)C1. The van der Waals surface area contributed by atoms with Crippen molar-refractivity contribution in [3.63, 3.8) is 0 Å². The van der Waals surface area contributed by atoms with Gasteiger partial charge in [-0.2, -0.15) is 0 Å². The highest BCUT2D eigenvalue weighted by Gasteiger charge is 2.28. The molecule has 4 nitrogen and oxygen atoms in total. The Kier molecular flexibility index (Phi) is 3.87. The normalized spacial score (nSPS) is 19.6. The van der Waals surface area contributed by atoms with Crippen LogP contribution in [0.3, 0.4) is 0 Å². The molecular weight excluding hydrogens is 254 g/mol. The Bertz CT molecular complexity index is 458. The average molecular weight is 268 g/mol. The van der Waals surface area contributed by atoms with Crippen LogP contribution in [0.15, 0.2) is 24.3 Å². The molecule has 1 aromatic rings. The number of carboxylic acids is 1. The summed E-state index contributed by atoms with van der Waals surface area (Å²) in [6, 6.07) is 6.64. The summed E-state index contributed by atoms with van der Waals surface area (Å²) in [6.07, 6.45) is 1.37. The Morgan fingerprint density at radius 1 is 1.28 bits per heavy atom. The smallest absolute Gasteiger partial charge is 0.308 e. The Morgan fingerprint density at radius 3 is 2.56 bits per heavy atom. The molecule has 1 saturated heterocycles. The van der Waals surface area contributed by atoms with Gasteiger partial charge in [0.1, 0.15) is 0 Å². The number of carboxylic acid groups (broad SMARTS) is 1. The van der Waals surface area contributed by atoms with Crippen LogP contribution in [0.25, 0.3) is 0 Å². The van der Waals surface area contributed by atoms with E-state index in [0.717, 1.165) is 6.42 Å². The van der Waals surface area contributed by atoms with Crippen LogP contribution >= 0.6 is 11.6 Å². The molecule has 0 aliphatic carbocycles. The van der Waals surface area contributed by atoms with Crippen LogP contribution in [-0.4, -0.2) is 35.0 Å². The molecule has 1 aliphatic rings. The van der Waals surface area contributed by atoms with Crippen molar-refractivity contribution in [3.8, 4) is 0 Å². The van der Waals surface area contributed by atoms with Crippen LogP contribution in [0.5, 0.6) is 0 Å². The number of carbonyl (C=O) groups excluding carboxylic acids is 1. The Balaban J connectivity index is 2.09. The number of piperidine rings is 1. The van der Waals surface area contributed by atoms with E-state index < -0.39 is 11.9 Å². The van der Waals surface area contributed by atoms with Crippen molar-refractivity contribution in [1.82, 2.24) is 4.90 Å². The maximum Gasteiger partial charge on any atom is 0.308 e. The highest BCUT2D eigenvalue weighted by molar-refractivity contribution is 6.30. The molecule has 1 heterocycles. The van der Waals surface area contributed by atoms with Gasteiger partial charge in [0.05, 0.1) is 5.92 Å². The standard InChI is InChI=1S/C13H14ClNO3/c14-11-5-3-9(4-6-11)12(16)15-7-1-2-10(8-15)13(17)18/h3-6,10H,1-2,7-8H2,(H,17,18)/t10-/m1/s1. The maximum absolute atomic E-state index is 12.2. The molecule has 1 aliphatic heterocycles. The molecule has 18 heavy (non-hydrogen) atoms. The van der Waals surface area contributed by atoms with E-state index in [0.29, 0.717) is 23.6 Å². The van der Waals surface area contributed by atoms with Crippen LogP contribution in [-0.2, 0) is 4.79 Å². The minimum Gasteiger partial charge on any atom is -0.481 e. The first-order valence-corrected chi connectivity index (χ1v) is 6.23. The van der Waals surface area contributed by atoms with Crippen molar-refractivity contribution < 1.29 is 14.7 Å². The van der Waals surface area contributed by atoms with Crippen molar-refractivity contribution in [2.45, 2.75) is 12.8 Å². The molecule has 1 aromatic carbocycles. The van der Waals surface area contributed by atoms with E-state index in [4.69, 9.17) is 16.7 Å². The summed E-state index contributed by atoms with van der Waals surface area (Å²) in [6.45, 7) is 0.905. The molecular formula is C13H14ClNO3. The Morgan fingerprint density at radius 2 is 1.94 bits per heavy atom. The second-order valence-corrected chi connectivity index (χ2v) is 4.87. The second kappa shape index (κ2) is 5.40. The number of hydrogen-bond donors (Lipinski definition) is 1. The number of carbonyl (C=O) groups is 2. The van der Waals surface area contributed by atoms with E-state index in [2.05, 4.69) is 0 Å². The number of benzene rings is 1. The Hall–Kier alpha value is -1.55. The van der Waals surface area contributed by atoms with Crippen LogP contribution in [0.2, 0.25) is 5.02 Å². The van der Waals surface area contributed by atoms with Gasteiger partial charge in [-0.15, -0.1) is 0 Å². The number of amides is 1. The molecule has 1 amide bonds. The average Bonchev–Trinajstić information content (AvgIpc) is 2.39. The first kappa shape index (κ1) is 12.9. The summed E-state index contributed by atoms with van der Waals surface area (Å²) in [4.78, 5) is 24.7. The molecule has 0 aromatic heterocycles. The summed E-state index contributed by atoms with van der Waals surface area (Å²) >= 11 is 5.76. The van der Waals surface area contributed by atoms with Crippen LogP contribution in [0.1, 0.15) is 23.2 Å². The summed E-state index contributed by atoms with van der Waals surface area (Å²) in [5.41, 5.74) is 0.547. The van der Waals surface area contributed by atoms with Crippen LogP contribution < -0.4 is 0 Å². The third-order valence-electron chi connectivity index (χ3n) is 3.15. The van der Waals surface area contributed by atoms with Gasteiger partial charge in [0.15, 0.2) is 0 Å². The van der Waals surface area contributed by atoms with E-state index >= 15 is 0 Å². The zero-order chi connectivity index (χ0) is 13.1. The van der Waals surface area contributed by atoms with Gasteiger partial charge in [-0.1, -0.05) is 11.6 Å². The number of nitrogens with zero attached hydrogens (tertiary/aromatic N) is 1. The van der Waals surface area contributed by atoms with Gasteiger partial charge < -0.3 is 10.0 Å². The van der Waals surface area contributed by atoms with Crippen molar-refractivity contribution >= 4 is 23.5 Å².